The molecule has 2 saturated heterocycles. The van der Waals surface area contributed by atoms with Gasteiger partial charge in [0.15, 0.2) is 0 Å². The van der Waals surface area contributed by atoms with Crippen LogP contribution in [0.3, 0.4) is 0 Å². The Morgan fingerprint density at radius 3 is 1.57 bits per heavy atom. The van der Waals surface area contributed by atoms with E-state index >= 15 is 0 Å². The van der Waals surface area contributed by atoms with Crippen LogP contribution in [0.25, 0.3) is 20.9 Å². The van der Waals surface area contributed by atoms with Crippen LogP contribution in [0.5, 0.6) is 0 Å². The molecule has 322 valence electrons. The van der Waals surface area contributed by atoms with Crippen molar-refractivity contribution < 1.29 is 18.9 Å². The topological polar surface area (TPSA) is 62.7 Å². The van der Waals surface area contributed by atoms with E-state index in [2.05, 4.69) is 78.9 Å². The molecule has 58 heavy (non-hydrogen) atoms. The Labute approximate surface area is 364 Å². The second-order valence-corrected chi connectivity index (χ2v) is 35.0. The van der Waals surface area contributed by atoms with Crippen LogP contribution in [-0.4, -0.2) is 60.6 Å². The van der Waals surface area contributed by atoms with Crippen molar-refractivity contribution in [2.45, 2.75) is 201 Å². The van der Waals surface area contributed by atoms with E-state index < -0.39 is 35.4 Å². The first kappa shape index (κ1) is 45.2. The van der Waals surface area contributed by atoms with E-state index in [1.807, 2.05) is 0 Å². The molecule has 0 atom stereocenters. The van der Waals surface area contributed by atoms with Gasteiger partial charge in [0, 0.05) is 0 Å². The van der Waals surface area contributed by atoms with Crippen molar-refractivity contribution in [2.24, 2.45) is 5.41 Å². The van der Waals surface area contributed by atoms with Gasteiger partial charge in [-0.25, -0.2) is 0 Å². The summed E-state index contributed by atoms with van der Waals surface area (Å²) in [4.78, 5) is 13.8. The number of benzene rings is 1. The molecular weight excluding hydrogens is 863 g/mol. The Bertz CT molecular complexity index is 1780. The summed E-state index contributed by atoms with van der Waals surface area (Å²) in [5.41, 5.74) is 6.84. The third-order valence-corrected chi connectivity index (χ3v) is 34.2. The number of thiazole rings is 2. The van der Waals surface area contributed by atoms with Gasteiger partial charge in [-0.2, -0.15) is 0 Å². The number of ether oxygens (including phenoxy) is 4. The van der Waals surface area contributed by atoms with E-state index in [1.165, 1.54) is 110 Å². The Balaban J connectivity index is 1.37. The van der Waals surface area contributed by atoms with Crippen LogP contribution in [0.2, 0.25) is 13.3 Å². The third kappa shape index (κ3) is 8.22. The molecule has 0 bridgehead atoms. The molecule has 2 spiro atoms. The van der Waals surface area contributed by atoms with Crippen LogP contribution in [0.15, 0.2) is 12.1 Å². The van der Waals surface area contributed by atoms with Crippen molar-refractivity contribution in [3.8, 4) is 20.9 Å². The average molecular weight is 940 g/mol. The van der Waals surface area contributed by atoms with Gasteiger partial charge in [-0.15, -0.1) is 0 Å². The first-order valence-corrected chi connectivity index (χ1v) is 33.0. The average Bonchev–Trinajstić information content (AvgIpc) is 3.99. The van der Waals surface area contributed by atoms with E-state index in [0.717, 1.165) is 67.6 Å². The first-order valence-electron chi connectivity index (χ1n) is 23.9. The normalized spacial score (nSPS) is 19.4. The Morgan fingerprint density at radius 1 is 0.552 bits per heavy atom. The van der Waals surface area contributed by atoms with Gasteiger partial charge in [-0.3, -0.25) is 0 Å². The first-order chi connectivity index (χ1) is 28.2. The summed E-state index contributed by atoms with van der Waals surface area (Å²) >= 11 is 0.994. The van der Waals surface area contributed by atoms with Crippen LogP contribution >= 0.6 is 22.7 Å². The Morgan fingerprint density at radius 2 is 1.03 bits per heavy atom. The number of fused-ring (bicyclic) bond motifs is 10. The minimum absolute atomic E-state index is 0.0520. The Kier molecular flexibility index (Phi) is 15.0. The monoisotopic (exact) mass is 940 g/mol. The van der Waals surface area contributed by atoms with Crippen LogP contribution in [0, 0.1) is 12.3 Å². The number of hydrogen-bond acceptors (Lipinski definition) is 8. The number of nitrogens with zero attached hydrogens (tertiary/aromatic N) is 2. The molecule has 3 aromatic rings. The van der Waals surface area contributed by atoms with Gasteiger partial charge in [-0.05, 0) is 0 Å². The van der Waals surface area contributed by atoms with Crippen LogP contribution in [0.4, 0.5) is 0 Å². The molecule has 7 rings (SSSR count). The van der Waals surface area contributed by atoms with E-state index in [9.17, 15) is 0 Å². The van der Waals surface area contributed by atoms with Crippen LogP contribution in [-0.2, 0) is 30.1 Å². The summed E-state index contributed by atoms with van der Waals surface area (Å²) in [6.07, 6.45) is 21.3. The molecular formula is C49H76N2O4S2Sn. The zero-order chi connectivity index (χ0) is 41.0. The predicted molar refractivity (Wildman–Crippen MR) is 247 cm³/mol. The minimum atomic E-state index is -2.88. The van der Waals surface area contributed by atoms with Crippen molar-refractivity contribution >= 4 is 44.1 Å². The van der Waals surface area contributed by atoms with Crippen molar-refractivity contribution in [2.75, 3.05) is 26.4 Å². The van der Waals surface area contributed by atoms with Gasteiger partial charge in [-0.1, -0.05) is 26.7 Å². The van der Waals surface area contributed by atoms with Crippen LogP contribution in [0.1, 0.15) is 192 Å². The summed E-state index contributed by atoms with van der Waals surface area (Å²) in [6, 6.07) is 4.97. The fourth-order valence-corrected chi connectivity index (χ4v) is 31.3. The number of aromatic nitrogens is 2. The zero-order valence-electron chi connectivity index (χ0n) is 37.7. The standard InChI is InChI=1S/C37H49N2O4S2.3C4H9.Sn/c1-6-10-14-34(15-11-7-2)20-42-37(43-21-34)29-19-26-28(18-27(29)31-33(37)39-25(5)45-31)35(32-30(26)44-24-38-32)22-40-36(41-23-35,16-12-8-3)17-13-9-4;3*1-3-4-2;/h18-19H,6-17,20-23H2,1-5H3;3*1,3-4H2,2H3;. The fraction of sp³-hybridized carbons (Fsp3) is 0.755. The molecule has 2 aliphatic carbocycles. The number of aryl methyl sites for hydroxylation is 1. The number of rotatable bonds is 22. The van der Waals surface area contributed by atoms with Crippen LogP contribution < -0.4 is 3.02 Å². The zero-order valence-corrected chi connectivity index (χ0v) is 42.2. The summed E-state index contributed by atoms with van der Waals surface area (Å²) in [5.74, 6) is -1.49. The van der Waals surface area contributed by atoms with Gasteiger partial charge < -0.3 is 0 Å². The second-order valence-electron chi connectivity index (χ2n) is 18.8. The molecule has 2 aromatic heterocycles. The molecule has 0 radical (unpaired) electrons. The van der Waals surface area contributed by atoms with Gasteiger partial charge >= 0.3 is 340 Å². The summed E-state index contributed by atoms with van der Waals surface area (Å²) < 4.78 is 34.7. The fourth-order valence-electron chi connectivity index (χ4n) is 10.6. The molecule has 2 aliphatic heterocycles. The maximum atomic E-state index is 7.25. The summed E-state index contributed by atoms with van der Waals surface area (Å²) in [5, 5.41) is 1.06. The molecule has 4 heterocycles. The van der Waals surface area contributed by atoms with Gasteiger partial charge in [0.2, 0.25) is 0 Å². The van der Waals surface area contributed by atoms with Crippen molar-refractivity contribution in [1.82, 2.24) is 9.97 Å². The molecule has 6 nitrogen and oxygen atoms in total. The van der Waals surface area contributed by atoms with E-state index in [-0.39, 0.29) is 5.41 Å². The van der Waals surface area contributed by atoms with Gasteiger partial charge in [0.1, 0.15) is 0 Å². The summed E-state index contributed by atoms with van der Waals surface area (Å²) in [7, 11) is 0. The molecule has 9 heteroatoms. The number of hydrogen-bond donors (Lipinski definition) is 0. The SMILES string of the molecule is CCCCC1(CCCC)COC2(OC1)c1cc3c(cc1-c1sc(C)nc12)C1(COC(CCCC)(CCCC)OC1)c1n[c]([Sn]([CH2]CCC)([CH2]CCC)[CH2]CCC)sc1-3. The molecule has 0 N–H and O–H groups in total. The molecule has 0 saturated carbocycles. The van der Waals surface area contributed by atoms with E-state index in [0.29, 0.717) is 26.4 Å². The van der Waals surface area contributed by atoms with E-state index in [1.54, 1.807) is 14.4 Å². The quantitative estimate of drug-likeness (QED) is 0.0936. The molecule has 2 fully saturated rings. The van der Waals surface area contributed by atoms with E-state index in [4.69, 9.17) is 28.9 Å². The van der Waals surface area contributed by atoms with Crippen molar-refractivity contribution in [3.05, 3.63) is 39.7 Å². The third-order valence-electron chi connectivity index (χ3n) is 14.4. The molecule has 4 aliphatic rings. The number of unbranched alkanes of at least 4 members (excludes halogenated alkanes) is 7. The maximum absolute atomic E-state index is 7.25. The molecule has 0 unspecified atom stereocenters. The van der Waals surface area contributed by atoms with Crippen molar-refractivity contribution in [3.63, 3.8) is 0 Å². The Hall–Kier alpha value is -0.881. The van der Waals surface area contributed by atoms with Crippen molar-refractivity contribution in [1.29, 1.82) is 0 Å². The predicted octanol–water partition coefficient (Wildman–Crippen LogP) is 13.9. The van der Waals surface area contributed by atoms with Gasteiger partial charge in [0.25, 0.3) is 0 Å². The second kappa shape index (κ2) is 19.2. The summed E-state index contributed by atoms with van der Waals surface area (Å²) in [6.45, 7) is 21.1. The molecule has 1 aromatic carbocycles. The van der Waals surface area contributed by atoms with Gasteiger partial charge in [0.05, 0.1) is 0 Å². The molecule has 0 amide bonds.